The number of thiophene rings is 2. The number of ether oxygens (including phenoxy) is 1. The predicted octanol–water partition coefficient (Wildman–Crippen LogP) is 4.52. The van der Waals surface area contributed by atoms with E-state index in [9.17, 15) is 5.26 Å². The Morgan fingerprint density at radius 3 is 2.56 bits per heavy atom. The standard InChI is InChI=1S/C21H21N3OS2/c1-12-4-6-15(26-12)8-14-10-24(3)11-17-19(18-7-5-13(2)27-18)16(9-22)21(23)25-20(14)17/h4-8,19H,10-11,23H2,1-3H3/b14-8+. The summed E-state index contributed by atoms with van der Waals surface area (Å²) in [6.07, 6.45) is 2.18. The number of likely N-dealkylation sites (N-methyl/N-ethyl adjacent to an activating group) is 1. The second-order valence-electron chi connectivity index (χ2n) is 7.02. The topological polar surface area (TPSA) is 62.3 Å². The number of aryl methyl sites for hydroxylation is 2. The van der Waals surface area contributed by atoms with Crippen LogP contribution in [0.4, 0.5) is 0 Å². The van der Waals surface area contributed by atoms with Gasteiger partial charge >= 0.3 is 0 Å². The summed E-state index contributed by atoms with van der Waals surface area (Å²) in [5.74, 6) is 0.936. The van der Waals surface area contributed by atoms with Gasteiger partial charge < -0.3 is 10.5 Å². The van der Waals surface area contributed by atoms with Gasteiger partial charge in [0.1, 0.15) is 17.4 Å². The van der Waals surface area contributed by atoms with Gasteiger partial charge in [0.15, 0.2) is 0 Å². The molecule has 2 aromatic rings. The zero-order valence-electron chi connectivity index (χ0n) is 15.6. The Bertz CT molecular complexity index is 1030. The molecular weight excluding hydrogens is 374 g/mol. The Kier molecular flexibility index (Phi) is 4.68. The molecule has 0 radical (unpaired) electrons. The van der Waals surface area contributed by atoms with Crippen LogP contribution in [0, 0.1) is 25.2 Å². The van der Waals surface area contributed by atoms with Gasteiger partial charge in [0.25, 0.3) is 0 Å². The lowest BCUT2D eigenvalue weighted by Gasteiger charge is -2.36. The first-order valence-electron chi connectivity index (χ1n) is 8.79. The first-order chi connectivity index (χ1) is 13.0. The van der Waals surface area contributed by atoms with Gasteiger partial charge in [-0.15, -0.1) is 22.7 Å². The summed E-state index contributed by atoms with van der Waals surface area (Å²) < 4.78 is 6.02. The van der Waals surface area contributed by atoms with Gasteiger partial charge in [0.2, 0.25) is 5.88 Å². The van der Waals surface area contributed by atoms with Crippen molar-refractivity contribution in [1.82, 2.24) is 4.90 Å². The van der Waals surface area contributed by atoms with E-state index < -0.39 is 0 Å². The van der Waals surface area contributed by atoms with Gasteiger partial charge in [-0.3, -0.25) is 4.90 Å². The van der Waals surface area contributed by atoms with E-state index in [2.05, 4.69) is 62.2 Å². The highest BCUT2D eigenvalue weighted by molar-refractivity contribution is 7.12. The van der Waals surface area contributed by atoms with E-state index >= 15 is 0 Å². The molecular formula is C21H21N3OS2. The van der Waals surface area contributed by atoms with Crippen molar-refractivity contribution in [3.8, 4) is 6.07 Å². The largest absolute Gasteiger partial charge is 0.440 e. The average molecular weight is 396 g/mol. The van der Waals surface area contributed by atoms with Gasteiger partial charge in [-0.1, -0.05) is 0 Å². The number of hydrogen-bond acceptors (Lipinski definition) is 6. The molecule has 4 rings (SSSR count). The molecule has 4 nitrogen and oxygen atoms in total. The Balaban J connectivity index is 1.86. The quantitative estimate of drug-likeness (QED) is 0.812. The van der Waals surface area contributed by atoms with Crippen LogP contribution in [0.25, 0.3) is 6.08 Å². The maximum atomic E-state index is 9.75. The molecule has 1 atom stereocenters. The maximum Gasteiger partial charge on any atom is 0.205 e. The van der Waals surface area contributed by atoms with Gasteiger partial charge in [-0.05, 0) is 51.2 Å². The highest BCUT2D eigenvalue weighted by atomic mass is 32.1. The molecule has 27 heavy (non-hydrogen) atoms. The molecule has 0 fully saturated rings. The number of hydrogen-bond donors (Lipinski definition) is 1. The summed E-state index contributed by atoms with van der Waals surface area (Å²) in [6, 6.07) is 10.7. The highest BCUT2D eigenvalue weighted by Crippen LogP contribution is 2.45. The average Bonchev–Trinajstić information content (AvgIpc) is 3.22. The molecule has 138 valence electrons. The van der Waals surface area contributed by atoms with Crippen molar-refractivity contribution in [2.75, 3.05) is 20.1 Å². The van der Waals surface area contributed by atoms with Crippen LogP contribution in [-0.2, 0) is 4.74 Å². The fourth-order valence-electron chi connectivity index (χ4n) is 3.68. The molecule has 0 aromatic carbocycles. The van der Waals surface area contributed by atoms with Crippen LogP contribution in [0.5, 0.6) is 0 Å². The lowest BCUT2D eigenvalue weighted by atomic mass is 9.84. The van der Waals surface area contributed by atoms with E-state index in [1.807, 2.05) is 0 Å². The monoisotopic (exact) mass is 395 g/mol. The molecule has 1 unspecified atom stereocenters. The SMILES string of the molecule is Cc1ccc(/C=C2\CN(C)CC3=C2OC(N)=C(C#N)C3c2ccc(C)s2)s1. The van der Waals surface area contributed by atoms with Gasteiger partial charge in [-0.2, -0.15) is 5.26 Å². The van der Waals surface area contributed by atoms with Crippen LogP contribution in [0.3, 0.4) is 0 Å². The molecule has 2 aliphatic heterocycles. The predicted molar refractivity (Wildman–Crippen MR) is 111 cm³/mol. The fourth-order valence-corrected chi connectivity index (χ4v) is 5.55. The first-order valence-corrected chi connectivity index (χ1v) is 10.4. The van der Waals surface area contributed by atoms with Crippen LogP contribution in [-0.4, -0.2) is 25.0 Å². The summed E-state index contributed by atoms with van der Waals surface area (Å²) >= 11 is 3.48. The van der Waals surface area contributed by atoms with E-state index in [-0.39, 0.29) is 11.8 Å². The zero-order chi connectivity index (χ0) is 19.1. The maximum absolute atomic E-state index is 9.75. The van der Waals surface area contributed by atoms with Crippen LogP contribution in [0.2, 0.25) is 0 Å². The lowest BCUT2D eigenvalue weighted by Crippen LogP contribution is -2.35. The van der Waals surface area contributed by atoms with Crippen molar-refractivity contribution in [1.29, 1.82) is 5.26 Å². The molecule has 0 aliphatic carbocycles. The molecule has 0 bridgehead atoms. The van der Waals surface area contributed by atoms with E-state index in [1.54, 1.807) is 22.7 Å². The molecule has 4 heterocycles. The minimum absolute atomic E-state index is 0.131. The number of nitrogens with zero attached hydrogens (tertiary/aromatic N) is 2. The summed E-state index contributed by atoms with van der Waals surface area (Å²) in [6.45, 7) is 5.74. The zero-order valence-corrected chi connectivity index (χ0v) is 17.2. The van der Waals surface area contributed by atoms with Crippen molar-refractivity contribution in [3.63, 3.8) is 0 Å². The number of nitriles is 1. The van der Waals surface area contributed by atoms with E-state index in [4.69, 9.17) is 10.5 Å². The fraction of sp³-hybridized carbons (Fsp3) is 0.286. The van der Waals surface area contributed by atoms with Gasteiger partial charge in [-0.25, -0.2) is 0 Å². The third-order valence-electron chi connectivity index (χ3n) is 4.82. The summed E-state index contributed by atoms with van der Waals surface area (Å²) in [5.41, 5.74) is 8.94. The minimum atomic E-state index is -0.131. The Labute approximate surface area is 167 Å². The van der Waals surface area contributed by atoms with Crippen molar-refractivity contribution >= 4 is 28.7 Å². The molecule has 2 aromatic heterocycles. The third-order valence-corrected chi connectivity index (χ3v) is 6.84. The van der Waals surface area contributed by atoms with Crippen molar-refractivity contribution in [2.45, 2.75) is 19.8 Å². The van der Waals surface area contributed by atoms with Crippen molar-refractivity contribution in [2.24, 2.45) is 5.73 Å². The smallest absolute Gasteiger partial charge is 0.205 e. The normalized spacial score (nSPS) is 22.0. The molecule has 6 heteroatoms. The molecule has 0 spiro atoms. The highest BCUT2D eigenvalue weighted by Gasteiger charge is 2.37. The Hall–Kier alpha value is -2.33. The summed E-state index contributed by atoms with van der Waals surface area (Å²) in [4.78, 5) is 7.11. The molecule has 0 saturated heterocycles. The van der Waals surface area contributed by atoms with E-state index in [0.29, 0.717) is 5.57 Å². The van der Waals surface area contributed by atoms with Crippen LogP contribution in [0.15, 0.2) is 52.6 Å². The van der Waals surface area contributed by atoms with E-state index in [1.165, 1.54) is 14.6 Å². The second kappa shape index (κ2) is 7.01. The molecule has 2 N–H and O–H groups in total. The van der Waals surface area contributed by atoms with E-state index in [0.717, 1.165) is 34.9 Å². The lowest BCUT2D eigenvalue weighted by molar-refractivity contribution is 0.251. The van der Waals surface area contributed by atoms with Crippen LogP contribution in [0.1, 0.15) is 25.4 Å². The number of nitrogens with two attached hydrogens (primary N) is 1. The molecule has 0 saturated carbocycles. The van der Waals surface area contributed by atoms with Crippen molar-refractivity contribution < 1.29 is 4.74 Å². The number of rotatable bonds is 2. The van der Waals surface area contributed by atoms with Crippen LogP contribution >= 0.6 is 22.7 Å². The Morgan fingerprint density at radius 1 is 1.19 bits per heavy atom. The molecule has 2 aliphatic rings. The van der Waals surface area contributed by atoms with Gasteiger partial charge in [0, 0.05) is 43.7 Å². The minimum Gasteiger partial charge on any atom is -0.440 e. The summed E-state index contributed by atoms with van der Waals surface area (Å²) in [7, 11) is 2.10. The third kappa shape index (κ3) is 3.34. The molecule has 0 amide bonds. The van der Waals surface area contributed by atoms with Gasteiger partial charge in [0.05, 0.1) is 5.92 Å². The Morgan fingerprint density at radius 2 is 1.93 bits per heavy atom. The number of allylic oxidation sites excluding steroid dienone is 1. The van der Waals surface area contributed by atoms with Crippen LogP contribution < -0.4 is 5.73 Å². The first kappa shape index (κ1) is 18.1. The second-order valence-corrected chi connectivity index (χ2v) is 9.66. The summed E-state index contributed by atoms with van der Waals surface area (Å²) in [5, 5.41) is 9.75. The van der Waals surface area contributed by atoms with Crippen molar-refractivity contribution in [3.05, 3.63) is 72.1 Å².